The quantitative estimate of drug-likeness (QED) is 0.0753. The highest BCUT2D eigenvalue weighted by Crippen LogP contribution is 2.57. The van der Waals surface area contributed by atoms with Gasteiger partial charge in [0.1, 0.15) is 0 Å². The molecule has 0 bridgehead atoms. The van der Waals surface area contributed by atoms with Gasteiger partial charge in [-0.3, -0.25) is 0 Å². The third-order valence-corrected chi connectivity index (χ3v) is 30.7. The molecule has 686 valence electrons. The van der Waals surface area contributed by atoms with Gasteiger partial charge in [0.25, 0.3) is 6.71 Å². The molecule has 144 heavy (non-hydrogen) atoms. The van der Waals surface area contributed by atoms with E-state index in [2.05, 4.69) is 552 Å². The molecule has 0 saturated heterocycles. The van der Waals surface area contributed by atoms with Crippen LogP contribution >= 0.6 is 0 Å². The van der Waals surface area contributed by atoms with E-state index in [9.17, 15) is 0 Å². The van der Waals surface area contributed by atoms with E-state index in [4.69, 9.17) is 0 Å². The molecular formula is C138H106BN5. The van der Waals surface area contributed by atoms with Crippen molar-refractivity contribution in [1.82, 2.24) is 13.7 Å². The van der Waals surface area contributed by atoms with Gasteiger partial charge in [-0.05, 0) is 285 Å². The van der Waals surface area contributed by atoms with Gasteiger partial charge in [-0.25, -0.2) is 0 Å². The van der Waals surface area contributed by atoms with E-state index < -0.39 is 6.71 Å². The summed E-state index contributed by atoms with van der Waals surface area (Å²) in [7, 11) is 0. The highest BCUT2D eigenvalue weighted by Gasteiger charge is 2.47. The lowest BCUT2D eigenvalue weighted by atomic mass is 9.33. The number of rotatable bonds is 19. The van der Waals surface area contributed by atoms with E-state index in [1.54, 1.807) is 0 Å². The normalized spacial score (nSPS) is 12.4. The van der Waals surface area contributed by atoms with Crippen LogP contribution in [0.15, 0.2) is 473 Å². The Bertz CT molecular complexity index is 8340. The monoisotopic (exact) mass is 1840 g/mol. The van der Waals surface area contributed by atoms with Gasteiger partial charge in [0, 0.05) is 88.7 Å². The van der Waals surface area contributed by atoms with E-state index in [1.807, 2.05) is 0 Å². The minimum Gasteiger partial charge on any atom is -0.310 e. The van der Waals surface area contributed by atoms with Crippen molar-refractivity contribution in [1.29, 1.82) is 0 Å². The van der Waals surface area contributed by atoms with Crippen LogP contribution in [0.2, 0.25) is 0 Å². The molecule has 24 aromatic rings. The zero-order chi connectivity index (χ0) is 96.6. The van der Waals surface area contributed by atoms with E-state index in [0.717, 1.165) is 206 Å². The van der Waals surface area contributed by atoms with Crippen molar-refractivity contribution in [3.63, 3.8) is 0 Å². The van der Waals surface area contributed by atoms with Crippen molar-refractivity contribution in [3.8, 4) is 128 Å². The lowest BCUT2D eigenvalue weighted by Gasteiger charge is -2.46. The van der Waals surface area contributed by atoms with Gasteiger partial charge in [0.2, 0.25) is 0 Å². The fraction of sp³-hybridized carbons (Fsp3) is 0.0870. The molecule has 2 aliphatic rings. The molecular weight excluding hydrogens is 1740 g/mol. The maximum atomic E-state index is 2.77. The van der Waals surface area contributed by atoms with E-state index in [0.29, 0.717) is 23.7 Å². The number of benzene rings is 21. The van der Waals surface area contributed by atoms with Gasteiger partial charge in [0.15, 0.2) is 0 Å². The van der Waals surface area contributed by atoms with Gasteiger partial charge in [-0.1, -0.05) is 395 Å². The predicted octanol–water partition coefficient (Wildman–Crippen LogP) is 36.2. The summed E-state index contributed by atoms with van der Waals surface area (Å²) in [6.07, 6.45) is 0. The second-order valence-corrected chi connectivity index (χ2v) is 40.6. The number of aromatic nitrogens is 3. The number of nitrogens with zero attached hydrogens (tertiary/aromatic N) is 5. The number of fused-ring (bicyclic) bond motifs is 13. The Hall–Kier alpha value is -17.3. The van der Waals surface area contributed by atoms with Crippen molar-refractivity contribution in [3.05, 3.63) is 495 Å². The maximum Gasteiger partial charge on any atom is 0.252 e. The maximum absolute atomic E-state index is 2.77. The summed E-state index contributed by atoms with van der Waals surface area (Å²) in [6.45, 7) is 18.2. The summed E-state index contributed by atoms with van der Waals surface area (Å²) in [5.41, 5.74) is 47.4. The summed E-state index contributed by atoms with van der Waals surface area (Å²) in [5, 5.41) is 7.28. The highest BCUT2D eigenvalue weighted by atomic mass is 15.2. The predicted molar refractivity (Wildman–Crippen MR) is 614 cm³/mol. The number of anilines is 6. The van der Waals surface area contributed by atoms with Crippen LogP contribution in [0.1, 0.15) is 101 Å². The van der Waals surface area contributed by atoms with Crippen LogP contribution in [0.5, 0.6) is 0 Å². The van der Waals surface area contributed by atoms with E-state index >= 15 is 0 Å². The second kappa shape index (κ2) is 35.5. The van der Waals surface area contributed by atoms with Crippen LogP contribution < -0.4 is 26.2 Å². The minimum absolute atomic E-state index is 0.310. The summed E-state index contributed by atoms with van der Waals surface area (Å²) in [6, 6.07) is 181. The first-order chi connectivity index (χ1) is 70.7. The zero-order valence-corrected chi connectivity index (χ0v) is 82.2. The lowest BCUT2D eigenvalue weighted by Crippen LogP contribution is -2.61. The van der Waals surface area contributed by atoms with Crippen molar-refractivity contribution in [2.24, 2.45) is 0 Å². The molecule has 5 nitrogen and oxygen atoms in total. The summed E-state index contributed by atoms with van der Waals surface area (Å²) >= 11 is 0. The Balaban J connectivity index is 0.863. The van der Waals surface area contributed by atoms with Gasteiger partial charge < -0.3 is 23.5 Å². The highest BCUT2D eigenvalue weighted by molar-refractivity contribution is 7.00. The Kier molecular flexibility index (Phi) is 21.4. The van der Waals surface area contributed by atoms with Crippen molar-refractivity contribution in [2.45, 2.75) is 79.1 Å². The average molecular weight is 1850 g/mol. The Labute approximate surface area is 842 Å². The van der Waals surface area contributed by atoms with Crippen LogP contribution in [-0.4, -0.2) is 20.4 Å². The Morgan fingerprint density at radius 2 is 0.389 bits per heavy atom. The molecule has 0 unspecified atom stereocenters. The zero-order valence-electron chi connectivity index (χ0n) is 82.2. The molecule has 5 heterocycles. The fourth-order valence-corrected chi connectivity index (χ4v) is 23.4. The molecule has 6 heteroatoms. The molecule has 0 aliphatic carbocycles. The van der Waals surface area contributed by atoms with Gasteiger partial charge >= 0.3 is 0 Å². The topological polar surface area (TPSA) is 21.3 Å². The number of para-hydroxylation sites is 2. The third kappa shape index (κ3) is 14.8. The van der Waals surface area contributed by atoms with Gasteiger partial charge in [0.05, 0.1) is 50.2 Å². The Morgan fingerprint density at radius 3 is 0.660 bits per heavy atom. The standard InChI is InChI=1S/C138H106BN5/c1-87(2)97-57-67-126-118(77-97)119-78-98(88(3)4)58-68-127(119)140(126)111-63-65-124-132(83-111)143(137-114(107-49-27-45-101(73-107)91-33-15-9-16-34-91)53-31-54-115(137)108-50-28-46-102(74-108)92-35-17-10-18-36-92)134-85-113(142-130-71-61-105(95-41-23-13-24-42-95)81-122(130)123-82-106(62-72-131(123)142)96-43-25-14-26-44-96)86-135-136(134)139(124)125-66-64-112(141-128-69-59-99(89(5)6)79-120(128)121-80-100(90(7)8)60-70-129(121)141)84-133(125)144(135)138-116(109-51-29-47-103(75-109)93-37-19-11-20-38-93)55-32-56-117(138)110-52-30-48-104(76-110)94-39-21-12-22-40-94/h9-90H,1-8H3. The van der Waals surface area contributed by atoms with Crippen LogP contribution in [0, 0.1) is 0 Å². The third-order valence-electron chi connectivity index (χ3n) is 30.7. The minimum atomic E-state index is -0.415. The van der Waals surface area contributed by atoms with Crippen LogP contribution in [0.25, 0.3) is 194 Å². The summed E-state index contributed by atoms with van der Waals surface area (Å²) in [5.74, 6) is 1.24. The first-order valence-electron chi connectivity index (χ1n) is 51.0. The molecule has 0 N–H and O–H groups in total. The second-order valence-electron chi connectivity index (χ2n) is 40.6. The van der Waals surface area contributed by atoms with Crippen molar-refractivity contribution >= 4 is 123 Å². The van der Waals surface area contributed by atoms with Gasteiger partial charge in [-0.2, -0.15) is 0 Å². The van der Waals surface area contributed by atoms with Crippen LogP contribution in [0.4, 0.5) is 34.1 Å². The smallest absolute Gasteiger partial charge is 0.252 e. The number of hydrogen-bond donors (Lipinski definition) is 0. The largest absolute Gasteiger partial charge is 0.310 e. The first-order valence-corrected chi connectivity index (χ1v) is 51.0. The van der Waals surface area contributed by atoms with Crippen molar-refractivity contribution < 1.29 is 0 Å². The lowest BCUT2D eigenvalue weighted by molar-refractivity contribution is 0.868. The molecule has 0 amide bonds. The fourth-order valence-electron chi connectivity index (χ4n) is 23.4. The molecule has 0 atom stereocenters. The molecule has 0 spiro atoms. The van der Waals surface area contributed by atoms with Crippen LogP contribution in [-0.2, 0) is 0 Å². The van der Waals surface area contributed by atoms with E-state index in [1.165, 1.54) is 60.2 Å². The van der Waals surface area contributed by atoms with Gasteiger partial charge in [-0.15, -0.1) is 0 Å². The molecule has 2 aliphatic heterocycles. The molecule has 26 rings (SSSR count). The Morgan fingerprint density at radius 1 is 0.167 bits per heavy atom. The molecule has 21 aromatic carbocycles. The molecule has 0 fully saturated rings. The van der Waals surface area contributed by atoms with Crippen molar-refractivity contribution in [2.75, 3.05) is 9.80 Å². The molecule has 0 saturated carbocycles. The molecule has 0 radical (unpaired) electrons. The average Bonchev–Trinajstić information content (AvgIpc) is 1.02. The summed E-state index contributed by atoms with van der Waals surface area (Å²) in [4.78, 5) is 5.55. The SMILES string of the molecule is CC(C)c1ccc2c(c1)c1cc(C(C)C)ccc1n2-c1ccc2c(c1)N(c1c(-c3cccc(-c4ccccc4)c3)cccc1-c1cccc(-c3ccccc3)c1)c1cc(-n3c4ccc(-c5ccccc5)cc4c4cc(-c5ccccc5)ccc43)cc3c1B2c1ccc(-n2c4ccc(C(C)C)cc4c4cc(C(C)C)ccc42)cc1N3c1c(-c2cccc(-c3ccccc3)c2)cccc1-c1cccc(-c2ccccc2)c1. The molecule has 3 aromatic heterocycles. The van der Waals surface area contributed by atoms with Crippen LogP contribution in [0.3, 0.4) is 0 Å². The summed E-state index contributed by atoms with van der Waals surface area (Å²) < 4.78 is 7.79. The van der Waals surface area contributed by atoms with E-state index in [-0.39, 0.29) is 0 Å². The number of hydrogen-bond acceptors (Lipinski definition) is 2. The first kappa shape index (κ1) is 87.0.